The number of piperidine rings is 1. The lowest BCUT2D eigenvalue weighted by Gasteiger charge is -2.31. The van der Waals surface area contributed by atoms with Crippen LogP contribution in [0.3, 0.4) is 0 Å². The van der Waals surface area contributed by atoms with Gasteiger partial charge in [-0.25, -0.2) is 4.98 Å². The van der Waals surface area contributed by atoms with Gasteiger partial charge in [0.1, 0.15) is 11.3 Å². The van der Waals surface area contributed by atoms with Crippen molar-refractivity contribution < 1.29 is 18.7 Å². The van der Waals surface area contributed by atoms with E-state index in [2.05, 4.69) is 4.98 Å². The van der Waals surface area contributed by atoms with Gasteiger partial charge < -0.3 is 19.8 Å². The van der Waals surface area contributed by atoms with Crippen LogP contribution in [0.5, 0.6) is 5.75 Å². The molecule has 144 valence electrons. The van der Waals surface area contributed by atoms with E-state index in [0.29, 0.717) is 30.3 Å². The zero-order valence-corrected chi connectivity index (χ0v) is 15.3. The third kappa shape index (κ3) is 3.83. The van der Waals surface area contributed by atoms with Crippen LogP contribution in [0.15, 0.2) is 52.9 Å². The molecule has 2 amide bonds. The van der Waals surface area contributed by atoms with Gasteiger partial charge in [-0.15, -0.1) is 0 Å². The van der Waals surface area contributed by atoms with Crippen molar-refractivity contribution in [2.24, 2.45) is 5.73 Å². The Bertz CT molecular complexity index is 963. The third-order valence-electron chi connectivity index (χ3n) is 4.93. The molecule has 28 heavy (non-hydrogen) atoms. The average Bonchev–Trinajstić information content (AvgIpc) is 3.17. The standard InChI is InChI=1S/C21H21N3O4/c22-20(26)14-7-9-16(10-8-14)27-13-19(25)24-11-3-4-15(12-24)21-23-17-5-1-2-6-18(17)28-21/h1-2,5-10,15H,3-4,11-13H2,(H2,22,26). The first-order valence-corrected chi connectivity index (χ1v) is 9.26. The number of ether oxygens (including phenoxy) is 1. The molecule has 0 radical (unpaired) electrons. The fourth-order valence-electron chi connectivity index (χ4n) is 3.42. The molecule has 1 aromatic heterocycles. The Morgan fingerprint density at radius 2 is 1.96 bits per heavy atom. The summed E-state index contributed by atoms with van der Waals surface area (Å²) in [7, 11) is 0. The summed E-state index contributed by atoms with van der Waals surface area (Å²) in [6.45, 7) is 1.20. The van der Waals surface area contributed by atoms with E-state index in [4.69, 9.17) is 14.9 Å². The van der Waals surface area contributed by atoms with E-state index < -0.39 is 5.91 Å². The number of nitrogens with two attached hydrogens (primary N) is 1. The fraction of sp³-hybridized carbons (Fsp3) is 0.286. The maximum absolute atomic E-state index is 12.6. The van der Waals surface area contributed by atoms with Gasteiger partial charge >= 0.3 is 0 Å². The third-order valence-corrected chi connectivity index (χ3v) is 4.93. The van der Waals surface area contributed by atoms with E-state index in [9.17, 15) is 9.59 Å². The smallest absolute Gasteiger partial charge is 0.260 e. The van der Waals surface area contributed by atoms with Crippen LogP contribution in [0.25, 0.3) is 11.1 Å². The average molecular weight is 379 g/mol. The maximum Gasteiger partial charge on any atom is 0.260 e. The number of carbonyl (C=O) groups is 2. The van der Waals surface area contributed by atoms with Crippen molar-refractivity contribution >= 4 is 22.9 Å². The molecule has 2 heterocycles. The normalized spacial score (nSPS) is 16.9. The molecule has 2 aromatic carbocycles. The number of hydrogen-bond acceptors (Lipinski definition) is 5. The fourth-order valence-corrected chi connectivity index (χ4v) is 3.42. The lowest BCUT2D eigenvalue weighted by atomic mass is 9.98. The summed E-state index contributed by atoms with van der Waals surface area (Å²) in [5.74, 6) is 0.702. The first-order chi connectivity index (χ1) is 13.6. The Kier molecular flexibility index (Phi) is 4.97. The Labute approximate surface area is 162 Å². The molecule has 1 saturated heterocycles. The summed E-state index contributed by atoms with van der Waals surface area (Å²) < 4.78 is 11.4. The highest BCUT2D eigenvalue weighted by molar-refractivity contribution is 5.92. The zero-order valence-electron chi connectivity index (χ0n) is 15.3. The number of primary amides is 1. The number of nitrogens with zero attached hydrogens (tertiary/aromatic N) is 2. The molecule has 1 aliphatic rings. The van der Waals surface area contributed by atoms with Crippen molar-refractivity contribution in [2.75, 3.05) is 19.7 Å². The first kappa shape index (κ1) is 18.0. The molecule has 1 aliphatic heterocycles. The monoisotopic (exact) mass is 379 g/mol. The predicted octanol–water partition coefficient (Wildman–Crippen LogP) is 2.71. The Balaban J connectivity index is 1.37. The number of fused-ring (bicyclic) bond motifs is 1. The van der Waals surface area contributed by atoms with Gasteiger partial charge in [-0.2, -0.15) is 0 Å². The van der Waals surface area contributed by atoms with Gasteiger partial charge in [0.15, 0.2) is 18.1 Å². The molecule has 7 nitrogen and oxygen atoms in total. The second-order valence-electron chi connectivity index (χ2n) is 6.88. The van der Waals surface area contributed by atoms with Gasteiger partial charge in [-0.3, -0.25) is 9.59 Å². The van der Waals surface area contributed by atoms with E-state index in [0.717, 1.165) is 23.9 Å². The minimum atomic E-state index is -0.499. The van der Waals surface area contributed by atoms with Crippen molar-refractivity contribution in [3.63, 3.8) is 0 Å². The van der Waals surface area contributed by atoms with Crippen LogP contribution in [0.4, 0.5) is 0 Å². The summed E-state index contributed by atoms with van der Waals surface area (Å²) >= 11 is 0. The van der Waals surface area contributed by atoms with E-state index in [1.54, 1.807) is 29.2 Å². The lowest BCUT2D eigenvalue weighted by Crippen LogP contribution is -2.41. The van der Waals surface area contributed by atoms with Crippen LogP contribution in [-0.2, 0) is 4.79 Å². The summed E-state index contributed by atoms with van der Waals surface area (Å²) in [6, 6.07) is 14.1. The van der Waals surface area contributed by atoms with Crippen molar-refractivity contribution in [1.29, 1.82) is 0 Å². The Hall–Kier alpha value is -3.35. The SMILES string of the molecule is NC(=O)c1ccc(OCC(=O)N2CCCC(c3nc4ccccc4o3)C2)cc1. The molecule has 1 atom stereocenters. The highest BCUT2D eigenvalue weighted by atomic mass is 16.5. The number of likely N-dealkylation sites (tertiary alicyclic amines) is 1. The van der Waals surface area contributed by atoms with Crippen molar-refractivity contribution in [2.45, 2.75) is 18.8 Å². The second-order valence-corrected chi connectivity index (χ2v) is 6.88. The molecule has 0 bridgehead atoms. The summed E-state index contributed by atoms with van der Waals surface area (Å²) in [5, 5.41) is 0. The van der Waals surface area contributed by atoms with Gasteiger partial charge in [-0.05, 0) is 49.2 Å². The topological polar surface area (TPSA) is 98.7 Å². The number of carbonyl (C=O) groups excluding carboxylic acids is 2. The van der Waals surface area contributed by atoms with Gasteiger partial charge in [0.05, 0.1) is 5.92 Å². The quantitative estimate of drug-likeness (QED) is 0.735. The number of amides is 2. The van der Waals surface area contributed by atoms with Crippen molar-refractivity contribution in [3.8, 4) is 5.75 Å². The molecule has 2 N–H and O–H groups in total. The summed E-state index contributed by atoms with van der Waals surface area (Å²) in [6.07, 6.45) is 1.83. The summed E-state index contributed by atoms with van der Waals surface area (Å²) in [5.41, 5.74) is 7.22. The number of aromatic nitrogens is 1. The van der Waals surface area contributed by atoms with Gasteiger partial charge in [0.25, 0.3) is 5.91 Å². The molecule has 3 aromatic rings. The second kappa shape index (κ2) is 7.72. The minimum absolute atomic E-state index is 0.0593. The largest absolute Gasteiger partial charge is 0.484 e. The van der Waals surface area contributed by atoms with Crippen LogP contribution in [0, 0.1) is 0 Å². The molecule has 0 aliphatic carbocycles. The van der Waals surface area contributed by atoms with Crippen molar-refractivity contribution in [1.82, 2.24) is 9.88 Å². The van der Waals surface area contributed by atoms with Crippen molar-refractivity contribution in [3.05, 3.63) is 60.0 Å². The molecule has 0 saturated carbocycles. The first-order valence-electron chi connectivity index (χ1n) is 9.26. The van der Waals surface area contributed by atoms with Crippen LogP contribution < -0.4 is 10.5 Å². The highest BCUT2D eigenvalue weighted by Crippen LogP contribution is 2.29. The van der Waals surface area contributed by atoms with Gasteiger partial charge in [0.2, 0.25) is 5.91 Å². The number of para-hydroxylation sites is 2. The van der Waals surface area contributed by atoms with Crippen LogP contribution >= 0.6 is 0 Å². The molecular formula is C21H21N3O4. The maximum atomic E-state index is 12.6. The molecule has 7 heteroatoms. The predicted molar refractivity (Wildman–Crippen MR) is 103 cm³/mol. The Morgan fingerprint density at radius 3 is 2.71 bits per heavy atom. The number of oxazole rings is 1. The van der Waals surface area contributed by atoms with E-state index in [1.807, 2.05) is 24.3 Å². The minimum Gasteiger partial charge on any atom is -0.484 e. The van der Waals surface area contributed by atoms with E-state index >= 15 is 0 Å². The molecular weight excluding hydrogens is 358 g/mol. The summed E-state index contributed by atoms with van der Waals surface area (Å²) in [4.78, 5) is 30.0. The van der Waals surface area contributed by atoms with Crippen LogP contribution in [0.2, 0.25) is 0 Å². The molecule has 0 spiro atoms. The highest BCUT2D eigenvalue weighted by Gasteiger charge is 2.28. The van der Waals surface area contributed by atoms with E-state index in [1.165, 1.54) is 0 Å². The number of benzene rings is 2. The molecule has 4 rings (SSSR count). The van der Waals surface area contributed by atoms with Crippen LogP contribution in [0.1, 0.15) is 35.0 Å². The zero-order chi connectivity index (χ0) is 19.5. The number of hydrogen-bond donors (Lipinski definition) is 1. The Morgan fingerprint density at radius 1 is 1.18 bits per heavy atom. The lowest BCUT2D eigenvalue weighted by molar-refractivity contribution is -0.134. The van der Waals surface area contributed by atoms with Crippen LogP contribution in [-0.4, -0.2) is 41.4 Å². The number of rotatable bonds is 5. The van der Waals surface area contributed by atoms with Gasteiger partial charge in [0, 0.05) is 18.7 Å². The van der Waals surface area contributed by atoms with E-state index in [-0.39, 0.29) is 18.4 Å². The van der Waals surface area contributed by atoms with Gasteiger partial charge in [-0.1, -0.05) is 12.1 Å². The molecule has 1 fully saturated rings. The molecule has 1 unspecified atom stereocenters.